The molecule has 0 radical (unpaired) electrons. The van der Waals surface area contributed by atoms with Crippen LogP contribution in [-0.2, 0) is 0 Å². The molecule has 0 saturated carbocycles. The zero-order valence-electron chi connectivity index (χ0n) is 10.1. The number of hydrogen-bond donors (Lipinski definition) is 1. The summed E-state index contributed by atoms with van der Waals surface area (Å²) in [6, 6.07) is 5.36. The standard InChI is InChI=1S/C12H6BrClN2O5/c13-7-1-2-10(9(4-7)16(19)20)21-11-8(14)3-6(5-15-11)12(17)18/h1-5H,(H,17,18). The number of nitro benzene ring substituents is 1. The molecule has 2 aromatic rings. The summed E-state index contributed by atoms with van der Waals surface area (Å²) in [5, 5.41) is 19.7. The van der Waals surface area contributed by atoms with Crippen molar-refractivity contribution < 1.29 is 19.6 Å². The zero-order valence-corrected chi connectivity index (χ0v) is 12.5. The van der Waals surface area contributed by atoms with Crippen molar-refractivity contribution >= 4 is 39.2 Å². The minimum atomic E-state index is -1.19. The molecule has 0 aliphatic heterocycles. The Morgan fingerprint density at radius 3 is 2.71 bits per heavy atom. The van der Waals surface area contributed by atoms with E-state index in [4.69, 9.17) is 21.4 Å². The van der Waals surface area contributed by atoms with Gasteiger partial charge in [-0.3, -0.25) is 10.1 Å². The van der Waals surface area contributed by atoms with Crippen LogP contribution in [0.25, 0.3) is 0 Å². The smallest absolute Gasteiger partial charge is 0.337 e. The van der Waals surface area contributed by atoms with Crippen LogP contribution in [0.15, 0.2) is 34.9 Å². The minimum Gasteiger partial charge on any atom is -0.478 e. The van der Waals surface area contributed by atoms with E-state index in [2.05, 4.69) is 20.9 Å². The van der Waals surface area contributed by atoms with Gasteiger partial charge in [-0.05, 0) is 18.2 Å². The van der Waals surface area contributed by atoms with Crippen molar-refractivity contribution in [3.05, 3.63) is 55.6 Å². The van der Waals surface area contributed by atoms with Gasteiger partial charge in [0.2, 0.25) is 11.6 Å². The van der Waals surface area contributed by atoms with E-state index in [1.165, 1.54) is 12.1 Å². The van der Waals surface area contributed by atoms with E-state index < -0.39 is 10.9 Å². The van der Waals surface area contributed by atoms with Crippen molar-refractivity contribution in [2.24, 2.45) is 0 Å². The van der Waals surface area contributed by atoms with Crippen LogP contribution < -0.4 is 4.74 Å². The molecule has 0 unspecified atom stereocenters. The predicted octanol–water partition coefficient (Wildman–Crippen LogP) is 3.90. The highest BCUT2D eigenvalue weighted by Crippen LogP contribution is 2.35. The maximum atomic E-state index is 11.0. The third-order valence-corrected chi connectivity index (χ3v) is 3.14. The number of carbonyl (C=O) groups is 1. The van der Waals surface area contributed by atoms with E-state index in [1.807, 2.05) is 0 Å². The summed E-state index contributed by atoms with van der Waals surface area (Å²) in [6.07, 6.45) is 1.05. The van der Waals surface area contributed by atoms with Crippen LogP contribution >= 0.6 is 27.5 Å². The molecule has 0 bridgehead atoms. The lowest BCUT2D eigenvalue weighted by molar-refractivity contribution is -0.385. The van der Waals surface area contributed by atoms with Crippen LogP contribution in [0.1, 0.15) is 10.4 Å². The molecule has 0 amide bonds. The van der Waals surface area contributed by atoms with Gasteiger partial charge in [0.25, 0.3) is 0 Å². The number of carboxylic acid groups (broad SMARTS) is 1. The van der Waals surface area contributed by atoms with E-state index in [1.54, 1.807) is 6.07 Å². The largest absolute Gasteiger partial charge is 0.478 e. The quantitative estimate of drug-likeness (QED) is 0.644. The summed E-state index contributed by atoms with van der Waals surface area (Å²) in [6.45, 7) is 0. The second-order valence-electron chi connectivity index (χ2n) is 3.79. The number of nitro groups is 1. The Morgan fingerprint density at radius 2 is 2.14 bits per heavy atom. The molecule has 1 N–H and O–H groups in total. The highest BCUT2D eigenvalue weighted by molar-refractivity contribution is 9.10. The van der Waals surface area contributed by atoms with Crippen LogP contribution in [0, 0.1) is 10.1 Å². The van der Waals surface area contributed by atoms with Gasteiger partial charge >= 0.3 is 11.7 Å². The molecule has 1 aromatic carbocycles. The van der Waals surface area contributed by atoms with Gasteiger partial charge in [-0.1, -0.05) is 27.5 Å². The van der Waals surface area contributed by atoms with Gasteiger partial charge in [0.05, 0.1) is 10.5 Å². The summed E-state index contributed by atoms with van der Waals surface area (Å²) >= 11 is 8.98. The highest BCUT2D eigenvalue weighted by atomic mass is 79.9. The fourth-order valence-electron chi connectivity index (χ4n) is 1.44. The van der Waals surface area contributed by atoms with Crippen LogP contribution in [0.3, 0.4) is 0 Å². The maximum Gasteiger partial charge on any atom is 0.337 e. The van der Waals surface area contributed by atoms with Gasteiger partial charge < -0.3 is 9.84 Å². The van der Waals surface area contributed by atoms with Gasteiger partial charge in [0, 0.05) is 16.7 Å². The molecule has 0 aliphatic carbocycles. The van der Waals surface area contributed by atoms with Crippen LogP contribution in [-0.4, -0.2) is 21.0 Å². The SMILES string of the molecule is O=C(O)c1cnc(Oc2ccc(Br)cc2[N+](=O)[O-])c(Cl)c1. The van der Waals surface area contributed by atoms with Crippen molar-refractivity contribution in [3.8, 4) is 11.6 Å². The van der Waals surface area contributed by atoms with Crippen LogP contribution in [0.4, 0.5) is 5.69 Å². The normalized spacial score (nSPS) is 10.2. The lowest BCUT2D eigenvalue weighted by Gasteiger charge is -2.07. The van der Waals surface area contributed by atoms with Crippen LogP contribution in [0.2, 0.25) is 5.02 Å². The Balaban J connectivity index is 2.39. The van der Waals surface area contributed by atoms with E-state index in [0.29, 0.717) is 4.47 Å². The Kier molecular flexibility index (Phi) is 4.39. The van der Waals surface area contributed by atoms with Crippen molar-refractivity contribution in [2.45, 2.75) is 0 Å². The average Bonchev–Trinajstić information content (AvgIpc) is 2.42. The Labute approximate surface area is 131 Å². The Bertz CT molecular complexity index is 738. The van der Waals surface area contributed by atoms with Gasteiger partial charge in [-0.25, -0.2) is 9.78 Å². The van der Waals surface area contributed by atoms with E-state index in [0.717, 1.165) is 12.3 Å². The first-order valence-corrected chi connectivity index (χ1v) is 6.56. The molecule has 7 nitrogen and oxygen atoms in total. The molecule has 1 heterocycles. The van der Waals surface area contributed by atoms with Gasteiger partial charge in [-0.2, -0.15) is 0 Å². The minimum absolute atomic E-state index is 0.0549. The molecule has 0 saturated heterocycles. The number of ether oxygens (including phenoxy) is 1. The number of aromatic nitrogens is 1. The molecular formula is C12H6BrClN2O5. The fraction of sp³-hybridized carbons (Fsp3) is 0. The maximum absolute atomic E-state index is 11.0. The van der Waals surface area contributed by atoms with Gasteiger partial charge in [-0.15, -0.1) is 0 Å². The molecular weight excluding hydrogens is 367 g/mol. The van der Waals surface area contributed by atoms with Gasteiger partial charge in [0.15, 0.2) is 0 Å². The molecule has 108 valence electrons. The molecule has 2 rings (SSSR count). The number of hydrogen-bond acceptors (Lipinski definition) is 5. The summed E-state index contributed by atoms with van der Waals surface area (Å²) in [5.41, 5.74) is -0.387. The number of benzene rings is 1. The fourth-order valence-corrected chi connectivity index (χ4v) is 2.00. The second-order valence-corrected chi connectivity index (χ2v) is 5.11. The van der Waals surface area contributed by atoms with E-state index in [-0.39, 0.29) is 27.9 Å². The van der Waals surface area contributed by atoms with Crippen molar-refractivity contribution in [3.63, 3.8) is 0 Å². The number of rotatable bonds is 4. The predicted molar refractivity (Wildman–Crippen MR) is 77.1 cm³/mol. The molecule has 9 heteroatoms. The molecule has 0 aliphatic rings. The van der Waals surface area contributed by atoms with Crippen molar-refractivity contribution in [1.82, 2.24) is 4.98 Å². The zero-order chi connectivity index (χ0) is 15.6. The highest BCUT2D eigenvalue weighted by Gasteiger charge is 2.18. The number of halogens is 2. The lowest BCUT2D eigenvalue weighted by atomic mass is 10.3. The molecule has 21 heavy (non-hydrogen) atoms. The average molecular weight is 374 g/mol. The summed E-state index contributed by atoms with van der Waals surface area (Å²) in [5.74, 6) is -1.36. The Morgan fingerprint density at radius 1 is 1.43 bits per heavy atom. The monoisotopic (exact) mass is 372 g/mol. The number of nitrogens with zero attached hydrogens (tertiary/aromatic N) is 2. The third kappa shape index (κ3) is 3.47. The third-order valence-electron chi connectivity index (χ3n) is 2.38. The number of carboxylic acids is 1. The molecule has 0 fully saturated rings. The Hall–Kier alpha value is -2.19. The number of aromatic carboxylic acids is 1. The summed E-state index contributed by atoms with van der Waals surface area (Å²) < 4.78 is 5.81. The van der Waals surface area contributed by atoms with E-state index in [9.17, 15) is 14.9 Å². The molecule has 0 spiro atoms. The topological polar surface area (TPSA) is 103 Å². The molecule has 0 atom stereocenters. The molecule has 1 aromatic heterocycles. The summed E-state index contributed by atoms with van der Waals surface area (Å²) in [4.78, 5) is 24.9. The first-order valence-electron chi connectivity index (χ1n) is 5.39. The lowest BCUT2D eigenvalue weighted by Crippen LogP contribution is -1.99. The first kappa shape index (κ1) is 15.2. The van der Waals surface area contributed by atoms with Gasteiger partial charge in [0.1, 0.15) is 5.02 Å². The van der Waals surface area contributed by atoms with Crippen molar-refractivity contribution in [2.75, 3.05) is 0 Å². The second kappa shape index (κ2) is 6.06. The first-order chi connectivity index (χ1) is 9.88. The van der Waals surface area contributed by atoms with E-state index >= 15 is 0 Å². The van der Waals surface area contributed by atoms with Crippen molar-refractivity contribution in [1.29, 1.82) is 0 Å². The number of pyridine rings is 1. The van der Waals surface area contributed by atoms with Crippen LogP contribution in [0.5, 0.6) is 11.6 Å². The summed E-state index contributed by atoms with van der Waals surface area (Å²) in [7, 11) is 0.